The molecule has 0 unspecified atom stereocenters. The highest BCUT2D eigenvalue weighted by atomic mass is 15.2. The summed E-state index contributed by atoms with van der Waals surface area (Å²) in [5.41, 5.74) is 0.989. The van der Waals surface area contributed by atoms with E-state index in [2.05, 4.69) is 21.9 Å². The Morgan fingerprint density at radius 2 is 2.21 bits per heavy atom. The monoisotopic (exact) mass is 191 g/mol. The van der Waals surface area contributed by atoms with Crippen LogP contribution < -0.4 is 4.90 Å². The van der Waals surface area contributed by atoms with Gasteiger partial charge in [0.15, 0.2) is 0 Å². The van der Waals surface area contributed by atoms with Gasteiger partial charge in [0.2, 0.25) is 0 Å². The van der Waals surface area contributed by atoms with E-state index in [0.717, 1.165) is 24.0 Å². The van der Waals surface area contributed by atoms with Crippen LogP contribution >= 0.6 is 0 Å². The minimum absolute atomic E-state index is 0.877. The highest BCUT2D eigenvalue weighted by Gasteiger charge is 2.19. The van der Waals surface area contributed by atoms with Crippen LogP contribution in [0.25, 0.3) is 0 Å². The van der Waals surface area contributed by atoms with Gasteiger partial charge in [-0.3, -0.25) is 4.98 Å². The van der Waals surface area contributed by atoms with Crippen LogP contribution in [0.15, 0.2) is 12.4 Å². The summed E-state index contributed by atoms with van der Waals surface area (Å²) in [6, 6.07) is 0. The first-order valence-electron chi connectivity index (χ1n) is 5.25. The number of anilines is 1. The van der Waals surface area contributed by atoms with Crippen molar-refractivity contribution in [2.75, 3.05) is 18.5 Å². The summed E-state index contributed by atoms with van der Waals surface area (Å²) in [6.07, 6.45) is 7.79. The average molecular weight is 191 g/mol. The van der Waals surface area contributed by atoms with E-state index in [1.54, 1.807) is 6.20 Å². The summed E-state index contributed by atoms with van der Waals surface area (Å²) in [5, 5.41) is 0. The molecule has 2 rings (SSSR count). The number of hydrogen-bond acceptors (Lipinski definition) is 3. The first-order valence-corrected chi connectivity index (χ1v) is 5.25. The number of nitrogens with zero attached hydrogens (tertiary/aromatic N) is 3. The second-order valence-corrected chi connectivity index (χ2v) is 4.20. The van der Waals surface area contributed by atoms with E-state index in [-0.39, 0.29) is 0 Å². The molecule has 1 aromatic heterocycles. The Hall–Kier alpha value is -1.12. The molecular formula is C11H17N3. The first-order chi connectivity index (χ1) is 6.75. The maximum absolute atomic E-state index is 4.45. The average Bonchev–Trinajstić information content (AvgIpc) is 2.11. The second-order valence-electron chi connectivity index (χ2n) is 4.20. The molecule has 1 aromatic rings. The van der Waals surface area contributed by atoms with Crippen molar-refractivity contribution in [3.8, 4) is 0 Å². The fourth-order valence-electron chi connectivity index (χ4n) is 1.79. The third kappa shape index (κ3) is 2.03. The summed E-state index contributed by atoms with van der Waals surface area (Å²) in [7, 11) is 2.10. The highest BCUT2D eigenvalue weighted by Crippen LogP contribution is 2.27. The van der Waals surface area contributed by atoms with Crippen LogP contribution in [0.3, 0.4) is 0 Å². The predicted octanol–water partition coefficient (Wildman–Crippen LogP) is 2.02. The van der Waals surface area contributed by atoms with Gasteiger partial charge >= 0.3 is 0 Å². The van der Waals surface area contributed by atoms with E-state index in [4.69, 9.17) is 0 Å². The maximum Gasteiger partial charge on any atom is 0.147 e. The number of rotatable bonds is 3. The van der Waals surface area contributed by atoms with Crippen LogP contribution in [-0.4, -0.2) is 23.6 Å². The van der Waals surface area contributed by atoms with Crippen molar-refractivity contribution in [2.24, 2.45) is 5.92 Å². The third-order valence-electron chi connectivity index (χ3n) is 2.89. The molecule has 76 valence electrons. The molecule has 0 saturated heterocycles. The van der Waals surface area contributed by atoms with Gasteiger partial charge in [0.25, 0.3) is 0 Å². The van der Waals surface area contributed by atoms with Crippen molar-refractivity contribution in [3.05, 3.63) is 18.1 Å². The summed E-state index contributed by atoms with van der Waals surface area (Å²) in [4.78, 5) is 10.8. The van der Waals surface area contributed by atoms with Gasteiger partial charge in [-0.1, -0.05) is 6.42 Å². The second kappa shape index (κ2) is 3.95. The molecule has 0 atom stereocenters. The quantitative estimate of drug-likeness (QED) is 0.732. The van der Waals surface area contributed by atoms with Crippen molar-refractivity contribution in [1.29, 1.82) is 0 Å². The van der Waals surface area contributed by atoms with Gasteiger partial charge in [-0.25, -0.2) is 4.98 Å². The lowest BCUT2D eigenvalue weighted by molar-refractivity contribution is 0.321. The Morgan fingerprint density at radius 3 is 2.79 bits per heavy atom. The smallest absolute Gasteiger partial charge is 0.147 e. The Labute approximate surface area is 85.2 Å². The zero-order valence-corrected chi connectivity index (χ0v) is 8.90. The lowest BCUT2D eigenvalue weighted by Crippen LogP contribution is -2.29. The lowest BCUT2D eigenvalue weighted by atomic mass is 9.85. The van der Waals surface area contributed by atoms with E-state index < -0.39 is 0 Å². The summed E-state index contributed by atoms with van der Waals surface area (Å²) in [6.45, 7) is 3.10. The van der Waals surface area contributed by atoms with Crippen molar-refractivity contribution in [3.63, 3.8) is 0 Å². The zero-order chi connectivity index (χ0) is 9.97. The SMILES string of the molecule is Cc1cncc(N(C)CC2CCC2)n1. The molecule has 3 heteroatoms. The van der Waals surface area contributed by atoms with Gasteiger partial charge in [-0.2, -0.15) is 0 Å². The van der Waals surface area contributed by atoms with Crippen LogP contribution in [0.1, 0.15) is 25.0 Å². The molecule has 0 N–H and O–H groups in total. The molecule has 0 radical (unpaired) electrons. The molecule has 1 fully saturated rings. The molecule has 1 saturated carbocycles. The normalized spacial score (nSPS) is 16.4. The largest absolute Gasteiger partial charge is 0.358 e. The standard InChI is InChI=1S/C11H17N3/c1-9-6-12-7-11(13-9)14(2)8-10-4-3-5-10/h6-7,10H,3-5,8H2,1-2H3. The van der Waals surface area contributed by atoms with Crippen LogP contribution in [0, 0.1) is 12.8 Å². The molecule has 0 aliphatic heterocycles. The van der Waals surface area contributed by atoms with E-state index in [0.29, 0.717) is 0 Å². The first kappa shape index (κ1) is 9.44. The fourth-order valence-corrected chi connectivity index (χ4v) is 1.79. The van der Waals surface area contributed by atoms with Gasteiger partial charge in [0.1, 0.15) is 5.82 Å². The summed E-state index contributed by atoms with van der Waals surface area (Å²) in [5.74, 6) is 1.87. The predicted molar refractivity (Wildman–Crippen MR) is 57.4 cm³/mol. The Kier molecular flexibility index (Phi) is 2.66. The molecular weight excluding hydrogens is 174 g/mol. The molecule has 1 aliphatic rings. The molecule has 0 amide bonds. The highest BCUT2D eigenvalue weighted by molar-refractivity contribution is 5.34. The fraction of sp³-hybridized carbons (Fsp3) is 0.636. The van der Waals surface area contributed by atoms with Crippen LogP contribution in [0.2, 0.25) is 0 Å². The molecule has 3 nitrogen and oxygen atoms in total. The Morgan fingerprint density at radius 1 is 1.43 bits per heavy atom. The minimum Gasteiger partial charge on any atom is -0.358 e. The lowest BCUT2D eigenvalue weighted by Gasteiger charge is -2.30. The van der Waals surface area contributed by atoms with Crippen molar-refractivity contribution in [2.45, 2.75) is 26.2 Å². The number of hydrogen-bond donors (Lipinski definition) is 0. The number of aromatic nitrogens is 2. The summed E-state index contributed by atoms with van der Waals surface area (Å²) < 4.78 is 0. The Bertz CT molecular complexity index is 307. The van der Waals surface area contributed by atoms with Crippen molar-refractivity contribution >= 4 is 5.82 Å². The number of aryl methyl sites for hydroxylation is 1. The summed E-state index contributed by atoms with van der Waals surface area (Å²) >= 11 is 0. The van der Waals surface area contributed by atoms with Gasteiger partial charge in [-0.15, -0.1) is 0 Å². The van der Waals surface area contributed by atoms with Crippen LogP contribution in [0.5, 0.6) is 0 Å². The van der Waals surface area contributed by atoms with Crippen molar-refractivity contribution < 1.29 is 0 Å². The molecule has 1 aliphatic carbocycles. The van der Waals surface area contributed by atoms with Gasteiger partial charge < -0.3 is 4.90 Å². The molecule has 14 heavy (non-hydrogen) atoms. The third-order valence-corrected chi connectivity index (χ3v) is 2.89. The molecule has 1 heterocycles. The molecule has 0 spiro atoms. The Balaban J connectivity index is 1.98. The minimum atomic E-state index is 0.877. The van der Waals surface area contributed by atoms with Gasteiger partial charge in [0, 0.05) is 19.8 Å². The van der Waals surface area contributed by atoms with Crippen LogP contribution in [-0.2, 0) is 0 Å². The van der Waals surface area contributed by atoms with E-state index in [1.165, 1.54) is 19.3 Å². The maximum atomic E-state index is 4.45. The molecule has 0 bridgehead atoms. The topological polar surface area (TPSA) is 29.0 Å². The van der Waals surface area contributed by atoms with E-state index in [1.807, 2.05) is 13.1 Å². The zero-order valence-electron chi connectivity index (χ0n) is 8.90. The van der Waals surface area contributed by atoms with E-state index >= 15 is 0 Å². The van der Waals surface area contributed by atoms with Crippen LogP contribution in [0.4, 0.5) is 5.82 Å². The van der Waals surface area contributed by atoms with Gasteiger partial charge in [-0.05, 0) is 25.7 Å². The molecule has 0 aromatic carbocycles. The van der Waals surface area contributed by atoms with E-state index in [9.17, 15) is 0 Å². The van der Waals surface area contributed by atoms with Crippen molar-refractivity contribution in [1.82, 2.24) is 9.97 Å². The van der Waals surface area contributed by atoms with Gasteiger partial charge in [0.05, 0.1) is 11.9 Å².